The van der Waals surface area contributed by atoms with Crippen molar-refractivity contribution in [2.24, 2.45) is 0 Å². The molecule has 3 aromatic heterocycles. The van der Waals surface area contributed by atoms with Crippen molar-refractivity contribution in [1.82, 2.24) is 24.9 Å². The lowest BCUT2D eigenvalue weighted by atomic mass is 9.95. The van der Waals surface area contributed by atoms with Gasteiger partial charge >= 0.3 is 0 Å². The molecule has 25 heavy (non-hydrogen) atoms. The van der Waals surface area contributed by atoms with Gasteiger partial charge < -0.3 is 9.88 Å². The normalized spacial score (nSPS) is 17.4. The number of H-pyrrole nitrogens is 1. The summed E-state index contributed by atoms with van der Waals surface area (Å²) in [6, 6.07) is 7.35. The lowest BCUT2D eigenvalue weighted by Crippen LogP contribution is -2.36. The molecule has 0 aromatic carbocycles. The van der Waals surface area contributed by atoms with Gasteiger partial charge in [0, 0.05) is 49.2 Å². The van der Waals surface area contributed by atoms with Crippen LogP contribution in [0.15, 0.2) is 54.0 Å². The Balaban J connectivity index is 1.58. The minimum atomic E-state index is -0.114. The minimum absolute atomic E-state index is 0.114. The number of aromatic amines is 1. The molecule has 4 heterocycles. The van der Waals surface area contributed by atoms with Crippen molar-refractivity contribution in [1.29, 1.82) is 0 Å². The number of pyridine rings is 1. The van der Waals surface area contributed by atoms with E-state index in [2.05, 4.69) is 24.8 Å². The topological polar surface area (TPSA) is 87.7 Å². The van der Waals surface area contributed by atoms with E-state index in [0.29, 0.717) is 5.95 Å². The van der Waals surface area contributed by atoms with Crippen molar-refractivity contribution in [3.8, 4) is 11.3 Å². The van der Waals surface area contributed by atoms with Gasteiger partial charge in [0.2, 0.25) is 5.95 Å². The van der Waals surface area contributed by atoms with Crippen LogP contribution in [0.1, 0.15) is 24.5 Å². The Morgan fingerprint density at radius 3 is 3.00 bits per heavy atom. The Morgan fingerprint density at radius 1 is 1.20 bits per heavy atom. The summed E-state index contributed by atoms with van der Waals surface area (Å²) in [6.07, 6.45) is 8.81. The molecule has 4 rings (SSSR count). The Bertz CT molecular complexity index is 910. The molecule has 7 nitrogen and oxygen atoms in total. The van der Waals surface area contributed by atoms with Crippen molar-refractivity contribution in [2.45, 2.75) is 18.8 Å². The molecule has 7 heteroatoms. The van der Waals surface area contributed by atoms with E-state index >= 15 is 0 Å². The Hall–Kier alpha value is -3.09. The fourth-order valence-corrected chi connectivity index (χ4v) is 3.18. The summed E-state index contributed by atoms with van der Waals surface area (Å²) in [4.78, 5) is 33.9. The molecule has 1 saturated heterocycles. The predicted octanol–water partition coefficient (Wildman–Crippen LogP) is 2.01. The average molecular weight is 334 g/mol. The summed E-state index contributed by atoms with van der Waals surface area (Å²) >= 11 is 0. The van der Waals surface area contributed by atoms with Crippen molar-refractivity contribution in [2.75, 3.05) is 18.0 Å². The van der Waals surface area contributed by atoms with Crippen LogP contribution < -0.4 is 10.5 Å². The lowest BCUT2D eigenvalue weighted by Gasteiger charge is -2.32. The third-order valence-corrected chi connectivity index (χ3v) is 4.42. The molecule has 1 aliphatic rings. The molecule has 0 spiro atoms. The first-order chi connectivity index (χ1) is 12.3. The van der Waals surface area contributed by atoms with Crippen LogP contribution in [0.3, 0.4) is 0 Å². The van der Waals surface area contributed by atoms with E-state index in [9.17, 15) is 4.79 Å². The minimum Gasteiger partial charge on any atom is -0.340 e. The Labute approximate surface area is 144 Å². The van der Waals surface area contributed by atoms with Crippen molar-refractivity contribution in [3.63, 3.8) is 0 Å². The molecule has 3 aromatic rings. The summed E-state index contributed by atoms with van der Waals surface area (Å²) in [5.74, 6) is 0.914. The number of hydrogen-bond acceptors (Lipinski definition) is 6. The number of hydrogen-bond donors (Lipinski definition) is 1. The fourth-order valence-electron chi connectivity index (χ4n) is 3.18. The number of rotatable bonds is 3. The van der Waals surface area contributed by atoms with E-state index in [1.165, 1.54) is 6.33 Å². The predicted molar refractivity (Wildman–Crippen MR) is 94.3 cm³/mol. The maximum absolute atomic E-state index is 11.5. The second-order valence-electron chi connectivity index (χ2n) is 6.10. The van der Waals surface area contributed by atoms with Crippen LogP contribution in [0.25, 0.3) is 11.3 Å². The highest BCUT2D eigenvalue weighted by Gasteiger charge is 2.24. The summed E-state index contributed by atoms with van der Waals surface area (Å²) in [5, 5.41) is 0. The molecule has 0 aliphatic carbocycles. The number of aromatic nitrogens is 5. The highest BCUT2D eigenvalue weighted by atomic mass is 16.1. The monoisotopic (exact) mass is 334 g/mol. The first kappa shape index (κ1) is 15.4. The zero-order valence-corrected chi connectivity index (χ0v) is 13.7. The second-order valence-corrected chi connectivity index (χ2v) is 6.10. The molecule has 0 radical (unpaired) electrons. The SMILES string of the molecule is O=c1cc(C2CCCN(c3nccc(-c4cccnc4)n3)C2)nc[nH]1. The van der Waals surface area contributed by atoms with Gasteiger partial charge in [-0.25, -0.2) is 15.0 Å². The molecule has 1 N–H and O–H groups in total. The lowest BCUT2D eigenvalue weighted by molar-refractivity contribution is 0.494. The van der Waals surface area contributed by atoms with Crippen LogP contribution in [-0.4, -0.2) is 38.0 Å². The van der Waals surface area contributed by atoms with Crippen LogP contribution in [0.2, 0.25) is 0 Å². The van der Waals surface area contributed by atoms with Crippen molar-refractivity contribution >= 4 is 5.95 Å². The van der Waals surface area contributed by atoms with Gasteiger partial charge in [-0.05, 0) is 31.0 Å². The first-order valence-corrected chi connectivity index (χ1v) is 8.32. The average Bonchev–Trinajstić information content (AvgIpc) is 2.69. The summed E-state index contributed by atoms with van der Waals surface area (Å²) in [6.45, 7) is 1.66. The van der Waals surface area contributed by atoms with Crippen LogP contribution in [0, 0.1) is 0 Å². The highest BCUT2D eigenvalue weighted by molar-refractivity contribution is 5.58. The van der Waals surface area contributed by atoms with Gasteiger partial charge in [0.05, 0.1) is 17.7 Å². The molecule has 1 atom stereocenters. The highest BCUT2D eigenvalue weighted by Crippen LogP contribution is 2.27. The standard InChI is InChI=1S/C18H18N6O/c25-17-9-16(21-12-22-17)14-4-2-8-24(11-14)18-20-7-5-15(23-18)13-3-1-6-19-10-13/h1,3,5-7,9-10,12,14H,2,4,8,11H2,(H,21,22,25). The Morgan fingerprint density at radius 2 is 2.16 bits per heavy atom. The molecule has 0 amide bonds. The Kier molecular flexibility index (Phi) is 4.20. The summed E-state index contributed by atoms with van der Waals surface area (Å²) in [7, 11) is 0. The van der Waals surface area contributed by atoms with Gasteiger partial charge in [0.25, 0.3) is 5.56 Å². The largest absolute Gasteiger partial charge is 0.340 e. The molecular formula is C18H18N6O. The van der Waals surface area contributed by atoms with E-state index < -0.39 is 0 Å². The molecule has 0 saturated carbocycles. The molecule has 1 fully saturated rings. The molecular weight excluding hydrogens is 316 g/mol. The zero-order chi connectivity index (χ0) is 17.1. The quantitative estimate of drug-likeness (QED) is 0.788. The van der Waals surface area contributed by atoms with E-state index in [-0.39, 0.29) is 11.5 Å². The second kappa shape index (κ2) is 6.80. The molecule has 126 valence electrons. The first-order valence-electron chi connectivity index (χ1n) is 8.32. The van der Waals surface area contributed by atoms with Gasteiger partial charge in [-0.15, -0.1) is 0 Å². The summed E-state index contributed by atoms with van der Waals surface area (Å²) < 4.78 is 0. The van der Waals surface area contributed by atoms with E-state index in [1.807, 2.05) is 18.2 Å². The maximum Gasteiger partial charge on any atom is 0.250 e. The van der Waals surface area contributed by atoms with Gasteiger partial charge in [-0.3, -0.25) is 9.78 Å². The zero-order valence-electron chi connectivity index (χ0n) is 13.7. The molecule has 1 aliphatic heterocycles. The smallest absolute Gasteiger partial charge is 0.250 e. The van der Waals surface area contributed by atoms with E-state index in [4.69, 9.17) is 4.98 Å². The third-order valence-electron chi connectivity index (χ3n) is 4.42. The maximum atomic E-state index is 11.5. The molecule has 0 bridgehead atoms. The van der Waals surface area contributed by atoms with Gasteiger partial charge in [-0.2, -0.15) is 0 Å². The van der Waals surface area contributed by atoms with E-state index in [0.717, 1.165) is 42.9 Å². The number of nitrogens with one attached hydrogen (secondary N) is 1. The van der Waals surface area contributed by atoms with Crippen molar-refractivity contribution in [3.05, 3.63) is 65.2 Å². The molecule has 1 unspecified atom stereocenters. The van der Waals surface area contributed by atoms with Crippen molar-refractivity contribution < 1.29 is 0 Å². The van der Waals surface area contributed by atoms with Gasteiger partial charge in [-0.1, -0.05) is 0 Å². The van der Waals surface area contributed by atoms with E-state index in [1.54, 1.807) is 24.7 Å². The number of nitrogens with zero attached hydrogens (tertiary/aromatic N) is 5. The van der Waals surface area contributed by atoms with Crippen LogP contribution in [-0.2, 0) is 0 Å². The number of anilines is 1. The van der Waals surface area contributed by atoms with Gasteiger partial charge in [0.15, 0.2) is 0 Å². The van der Waals surface area contributed by atoms with Crippen LogP contribution >= 0.6 is 0 Å². The summed E-state index contributed by atoms with van der Waals surface area (Å²) in [5.41, 5.74) is 2.54. The number of piperidine rings is 1. The van der Waals surface area contributed by atoms with Gasteiger partial charge in [0.1, 0.15) is 0 Å². The third kappa shape index (κ3) is 3.40. The fraction of sp³-hybridized carbons (Fsp3) is 0.278. The van der Waals surface area contributed by atoms with Crippen LogP contribution in [0.5, 0.6) is 0 Å². The van der Waals surface area contributed by atoms with Crippen LogP contribution in [0.4, 0.5) is 5.95 Å².